The van der Waals surface area contributed by atoms with Gasteiger partial charge in [0.1, 0.15) is 5.75 Å². The molecule has 2 aromatic rings. The highest BCUT2D eigenvalue weighted by molar-refractivity contribution is 6.30. The van der Waals surface area contributed by atoms with E-state index in [1.54, 1.807) is 62.4 Å². The Hall–Kier alpha value is -1.88. The number of halogens is 1. The molecule has 5 heteroatoms. The Labute approximate surface area is 153 Å². The summed E-state index contributed by atoms with van der Waals surface area (Å²) < 4.78 is 11.2. The fourth-order valence-corrected chi connectivity index (χ4v) is 2.34. The van der Waals surface area contributed by atoms with Gasteiger partial charge in [-0.2, -0.15) is 0 Å². The third kappa shape index (κ3) is 5.30. The Balaban J connectivity index is 2.09. The summed E-state index contributed by atoms with van der Waals surface area (Å²) in [5.41, 5.74) is 0.192. The van der Waals surface area contributed by atoms with Gasteiger partial charge in [-0.1, -0.05) is 11.6 Å². The molecular weight excluding hydrogens is 340 g/mol. The van der Waals surface area contributed by atoms with Gasteiger partial charge in [-0.15, -0.1) is 0 Å². The zero-order valence-corrected chi connectivity index (χ0v) is 15.6. The molecule has 0 saturated heterocycles. The fourth-order valence-electron chi connectivity index (χ4n) is 2.22. The van der Waals surface area contributed by atoms with Gasteiger partial charge >= 0.3 is 0 Å². The molecule has 0 bridgehead atoms. The van der Waals surface area contributed by atoms with Crippen molar-refractivity contribution in [3.05, 3.63) is 64.7 Å². The predicted molar refractivity (Wildman–Crippen MR) is 98.3 cm³/mol. The molecule has 0 aliphatic heterocycles. The monoisotopic (exact) mass is 362 g/mol. The van der Waals surface area contributed by atoms with Crippen LogP contribution >= 0.6 is 11.6 Å². The quantitative estimate of drug-likeness (QED) is 0.583. The predicted octanol–water partition coefficient (Wildman–Crippen LogP) is 4.47. The second-order valence-corrected chi connectivity index (χ2v) is 7.04. The summed E-state index contributed by atoms with van der Waals surface area (Å²) in [6.07, 6.45) is -1.18. The van der Waals surface area contributed by atoms with Crippen LogP contribution in [0.1, 0.15) is 43.6 Å². The molecule has 0 aliphatic rings. The summed E-state index contributed by atoms with van der Waals surface area (Å²) in [4.78, 5) is 12.4. The third-order valence-corrected chi connectivity index (χ3v) is 3.85. The van der Waals surface area contributed by atoms with Crippen LogP contribution < -0.4 is 4.74 Å². The molecule has 0 fully saturated rings. The van der Waals surface area contributed by atoms with E-state index in [1.807, 2.05) is 13.8 Å². The van der Waals surface area contributed by atoms with Crippen molar-refractivity contribution >= 4 is 17.4 Å². The third-order valence-electron chi connectivity index (χ3n) is 3.60. The first-order valence-electron chi connectivity index (χ1n) is 8.12. The van der Waals surface area contributed by atoms with Gasteiger partial charge in [0.05, 0.1) is 6.10 Å². The van der Waals surface area contributed by atoms with Gasteiger partial charge in [0.15, 0.2) is 17.7 Å². The van der Waals surface area contributed by atoms with E-state index in [0.29, 0.717) is 21.9 Å². The van der Waals surface area contributed by atoms with Crippen LogP contribution in [-0.2, 0) is 4.74 Å². The topological polar surface area (TPSA) is 55.8 Å². The Kier molecular flexibility index (Phi) is 6.22. The second-order valence-electron chi connectivity index (χ2n) is 6.60. The van der Waals surface area contributed by atoms with Crippen molar-refractivity contribution in [2.24, 2.45) is 0 Å². The maximum Gasteiger partial charge on any atom is 0.194 e. The van der Waals surface area contributed by atoms with E-state index in [-0.39, 0.29) is 11.9 Å². The molecule has 4 nitrogen and oxygen atoms in total. The minimum atomic E-state index is -1.07. The fraction of sp³-hybridized carbons (Fsp3) is 0.350. The lowest BCUT2D eigenvalue weighted by Gasteiger charge is -2.32. The highest BCUT2D eigenvalue weighted by Gasteiger charge is 2.31. The molecule has 1 atom stereocenters. The summed E-state index contributed by atoms with van der Waals surface area (Å²) in [7, 11) is 0. The highest BCUT2D eigenvalue weighted by Crippen LogP contribution is 2.24. The molecule has 2 rings (SSSR count). The summed E-state index contributed by atoms with van der Waals surface area (Å²) >= 11 is 5.84. The standard InChI is InChI=1S/C20H23ClO4/c1-13(2)24-19(23)20(3,4)25-17-11-7-15(8-12-17)18(22)14-5-9-16(21)10-6-14/h5-13,19,23H,1-4H3. The Morgan fingerprint density at radius 2 is 1.48 bits per heavy atom. The average molecular weight is 363 g/mol. The number of ketones is 1. The number of hydrogen-bond acceptors (Lipinski definition) is 4. The van der Waals surface area contributed by atoms with Crippen LogP contribution in [-0.4, -0.2) is 28.9 Å². The number of aliphatic hydroxyl groups excluding tert-OH is 1. The van der Waals surface area contributed by atoms with E-state index in [4.69, 9.17) is 21.1 Å². The van der Waals surface area contributed by atoms with Crippen LogP contribution in [0.25, 0.3) is 0 Å². The van der Waals surface area contributed by atoms with E-state index < -0.39 is 11.9 Å². The number of carbonyl (C=O) groups excluding carboxylic acids is 1. The van der Waals surface area contributed by atoms with Crippen LogP contribution in [0.3, 0.4) is 0 Å². The maximum absolute atomic E-state index is 12.4. The Morgan fingerprint density at radius 3 is 1.96 bits per heavy atom. The van der Waals surface area contributed by atoms with E-state index in [9.17, 15) is 9.90 Å². The van der Waals surface area contributed by atoms with Crippen LogP contribution in [0.15, 0.2) is 48.5 Å². The van der Waals surface area contributed by atoms with Crippen molar-refractivity contribution < 1.29 is 19.4 Å². The minimum absolute atomic E-state index is 0.0920. The van der Waals surface area contributed by atoms with Crippen LogP contribution in [0.5, 0.6) is 5.75 Å². The normalized spacial score (nSPS) is 12.9. The van der Waals surface area contributed by atoms with Crippen molar-refractivity contribution in [1.82, 2.24) is 0 Å². The van der Waals surface area contributed by atoms with Gasteiger partial charge in [0.25, 0.3) is 0 Å². The van der Waals surface area contributed by atoms with Gasteiger partial charge in [-0.25, -0.2) is 0 Å². The van der Waals surface area contributed by atoms with Gasteiger partial charge in [-0.3, -0.25) is 4.79 Å². The zero-order valence-electron chi connectivity index (χ0n) is 14.8. The number of aliphatic hydroxyl groups is 1. The molecule has 2 aromatic carbocycles. The summed E-state index contributed by atoms with van der Waals surface area (Å²) in [5, 5.41) is 10.7. The van der Waals surface area contributed by atoms with E-state index in [0.717, 1.165) is 0 Å². The first kappa shape index (κ1) is 19.4. The highest BCUT2D eigenvalue weighted by atomic mass is 35.5. The summed E-state index contributed by atoms with van der Waals surface area (Å²) in [6, 6.07) is 13.5. The molecule has 0 saturated carbocycles. The number of hydrogen-bond donors (Lipinski definition) is 1. The Bertz CT molecular complexity index is 705. The second kappa shape index (κ2) is 8.00. The summed E-state index contributed by atoms with van der Waals surface area (Å²) in [5.74, 6) is 0.453. The largest absolute Gasteiger partial charge is 0.483 e. The van der Waals surface area contributed by atoms with Gasteiger partial charge in [-0.05, 0) is 76.2 Å². The first-order valence-corrected chi connectivity index (χ1v) is 8.50. The molecule has 134 valence electrons. The lowest BCUT2D eigenvalue weighted by molar-refractivity contribution is -0.205. The first-order chi connectivity index (χ1) is 11.7. The smallest absolute Gasteiger partial charge is 0.194 e. The molecule has 25 heavy (non-hydrogen) atoms. The zero-order chi connectivity index (χ0) is 18.6. The summed E-state index contributed by atoms with van der Waals surface area (Å²) in [6.45, 7) is 7.17. The Morgan fingerprint density at radius 1 is 1.00 bits per heavy atom. The molecule has 0 amide bonds. The molecule has 0 aromatic heterocycles. The minimum Gasteiger partial charge on any atom is -0.483 e. The maximum atomic E-state index is 12.4. The number of carbonyl (C=O) groups is 1. The number of benzene rings is 2. The van der Waals surface area contributed by atoms with Crippen molar-refractivity contribution in [1.29, 1.82) is 0 Å². The van der Waals surface area contributed by atoms with Crippen molar-refractivity contribution in [2.45, 2.75) is 45.7 Å². The van der Waals surface area contributed by atoms with Gasteiger partial charge in [0, 0.05) is 16.1 Å². The van der Waals surface area contributed by atoms with E-state index >= 15 is 0 Å². The van der Waals surface area contributed by atoms with E-state index in [2.05, 4.69) is 0 Å². The van der Waals surface area contributed by atoms with Crippen LogP contribution in [0, 0.1) is 0 Å². The van der Waals surface area contributed by atoms with Gasteiger partial charge in [0.2, 0.25) is 0 Å². The molecule has 0 heterocycles. The molecule has 1 N–H and O–H groups in total. The van der Waals surface area contributed by atoms with E-state index in [1.165, 1.54) is 0 Å². The van der Waals surface area contributed by atoms with Crippen molar-refractivity contribution in [3.63, 3.8) is 0 Å². The SMILES string of the molecule is CC(C)OC(O)C(C)(C)Oc1ccc(C(=O)c2ccc(Cl)cc2)cc1. The van der Waals surface area contributed by atoms with Crippen molar-refractivity contribution in [3.8, 4) is 5.75 Å². The molecular formula is C20H23ClO4. The molecule has 1 unspecified atom stereocenters. The average Bonchev–Trinajstić information content (AvgIpc) is 2.54. The number of rotatable bonds is 7. The number of ether oxygens (including phenoxy) is 2. The molecule has 0 spiro atoms. The van der Waals surface area contributed by atoms with Crippen LogP contribution in [0.2, 0.25) is 5.02 Å². The van der Waals surface area contributed by atoms with Crippen LogP contribution in [0.4, 0.5) is 0 Å². The molecule has 0 aliphatic carbocycles. The van der Waals surface area contributed by atoms with Crippen molar-refractivity contribution in [2.75, 3.05) is 0 Å². The molecule has 0 radical (unpaired) electrons. The lowest BCUT2D eigenvalue weighted by Crippen LogP contribution is -2.44. The van der Waals surface area contributed by atoms with Gasteiger partial charge < -0.3 is 14.6 Å². The lowest BCUT2D eigenvalue weighted by atomic mass is 10.0.